The van der Waals surface area contributed by atoms with Gasteiger partial charge in [-0.2, -0.15) is 0 Å². The van der Waals surface area contributed by atoms with Crippen molar-refractivity contribution >= 4 is 23.8 Å². The van der Waals surface area contributed by atoms with Gasteiger partial charge in [0.2, 0.25) is 0 Å². The number of carboxylic acid groups (broad SMARTS) is 1. The summed E-state index contributed by atoms with van der Waals surface area (Å²) in [4.78, 5) is 47.9. The lowest BCUT2D eigenvalue weighted by atomic mass is 9.87. The van der Waals surface area contributed by atoms with Crippen LogP contribution in [0.3, 0.4) is 0 Å². The molecule has 8 heteroatoms. The minimum absolute atomic E-state index is 0.286. The Labute approximate surface area is 151 Å². The molecule has 1 aromatic carbocycles. The highest BCUT2D eigenvalue weighted by Gasteiger charge is 2.42. The molecule has 2 N–H and O–H groups in total. The van der Waals surface area contributed by atoms with E-state index in [-0.39, 0.29) is 5.56 Å². The van der Waals surface area contributed by atoms with Crippen LogP contribution < -0.4 is 5.32 Å². The van der Waals surface area contributed by atoms with E-state index in [0.29, 0.717) is 0 Å². The molecule has 0 aromatic heterocycles. The zero-order chi connectivity index (χ0) is 20.0. The highest BCUT2D eigenvalue weighted by molar-refractivity contribution is 5.99. The van der Waals surface area contributed by atoms with Gasteiger partial charge in [0.05, 0.1) is 14.2 Å². The topological polar surface area (TPSA) is 119 Å². The first-order chi connectivity index (χ1) is 12.1. The number of ether oxygens (including phenoxy) is 2. The molecule has 0 bridgehead atoms. The summed E-state index contributed by atoms with van der Waals surface area (Å²) in [6.07, 6.45) is 0. The minimum atomic E-state index is -1.49. The number of aryl methyl sites for hydroxylation is 2. The Hall–Kier alpha value is -2.90. The van der Waals surface area contributed by atoms with Crippen LogP contribution in [0.25, 0.3) is 0 Å². The smallest absolute Gasteiger partial charge is 0.326 e. The molecule has 0 saturated heterocycles. The molecule has 0 heterocycles. The number of amides is 1. The summed E-state index contributed by atoms with van der Waals surface area (Å²) < 4.78 is 9.12. The molecular weight excluding hydrogens is 342 g/mol. The van der Waals surface area contributed by atoms with Crippen molar-refractivity contribution in [3.05, 3.63) is 34.9 Å². The minimum Gasteiger partial charge on any atom is -0.480 e. The van der Waals surface area contributed by atoms with E-state index in [1.165, 1.54) is 6.92 Å². The van der Waals surface area contributed by atoms with Gasteiger partial charge >= 0.3 is 17.9 Å². The van der Waals surface area contributed by atoms with Crippen LogP contribution in [0.5, 0.6) is 0 Å². The third kappa shape index (κ3) is 5.05. The summed E-state index contributed by atoms with van der Waals surface area (Å²) in [5.41, 5.74) is 1.97. The molecule has 0 fully saturated rings. The van der Waals surface area contributed by atoms with Crippen molar-refractivity contribution in [2.24, 2.45) is 11.8 Å². The third-order valence-electron chi connectivity index (χ3n) is 4.00. The van der Waals surface area contributed by atoms with Crippen LogP contribution in [0, 0.1) is 25.7 Å². The summed E-state index contributed by atoms with van der Waals surface area (Å²) in [6.45, 7) is 4.98. The molecule has 2 atom stereocenters. The molecule has 1 amide bonds. The van der Waals surface area contributed by atoms with E-state index in [1.807, 2.05) is 19.9 Å². The van der Waals surface area contributed by atoms with Gasteiger partial charge in [-0.1, -0.05) is 24.1 Å². The van der Waals surface area contributed by atoms with Gasteiger partial charge in [0.1, 0.15) is 6.04 Å². The fourth-order valence-corrected chi connectivity index (χ4v) is 2.72. The number of nitrogens with one attached hydrogen (secondary N) is 1. The number of carbonyl (C=O) groups excluding carboxylic acids is 3. The summed E-state index contributed by atoms with van der Waals surface area (Å²) >= 11 is 0. The fraction of sp³-hybridized carbons (Fsp3) is 0.444. The molecule has 26 heavy (non-hydrogen) atoms. The van der Waals surface area contributed by atoms with E-state index in [4.69, 9.17) is 0 Å². The highest BCUT2D eigenvalue weighted by Crippen LogP contribution is 2.20. The molecule has 1 aromatic rings. The molecule has 0 aliphatic carbocycles. The monoisotopic (exact) mass is 365 g/mol. The predicted octanol–water partition coefficient (Wildman–Crippen LogP) is 1.08. The molecule has 0 radical (unpaired) electrons. The van der Waals surface area contributed by atoms with Crippen molar-refractivity contribution in [3.63, 3.8) is 0 Å². The molecule has 142 valence electrons. The van der Waals surface area contributed by atoms with E-state index >= 15 is 0 Å². The zero-order valence-corrected chi connectivity index (χ0v) is 15.4. The van der Waals surface area contributed by atoms with Crippen LogP contribution in [-0.4, -0.2) is 49.2 Å². The first kappa shape index (κ1) is 21.1. The highest BCUT2D eigenvalue weighted by atomic mass is 16.5. The number of carboxylic acids is 1. The molecule has 0 aliphatic heterocycles. The van der Waals surface area contributed by atoms with Crippen LogP contribution in [-0.2, 0) is 23.9 Å². The Balaban J connectivity index is 3.13. The molecule has 0 saturated carbocycles. The van der Waals surface area contributed by atoms with E-state index in [9.17, 15) is 24.3 Å². The largest absolute Gasteiger partial charge is 0.480 e. The maximum absolute atomic E-state index is 12.5. The average molecular weight is 365 g/mol. The maximum atomic E-state index is 12.5. The van der Waals surface area contributed by atoms with Crippen LogP contribution in [0.15, 0.2) is 18.2 Å². The van der Waals surface area contributed by atoms with Crippen LogP contribution >= 0.6 is 0 Å². The van der Waals surface area contributed by atoms with Crippen LogP contribution in [0.2, 0.25) is 0 Å². The Morgan fingerprint density at radius 3 is 1.81 bits per heavy atom. The quantitative estimate of drug-likeness (QED) is 0.548. The number of esters is 2. The van der Waals surface area contributed by atoms with Gasteiger partial charge in [-0.3, -0.25) is 14.4 Å². The molecule has 0 spiro atoms. The molecular formula is C18H23NO7. The van der Waals surface area contributed by atoms with E-state index in [2.05, 4.69) is 14.8 Å². The first-order valence-electron chi connectivity index (χ1n) is 7.90. The van der Waals surface area contributed by atoms with Gasteiger partial charge in [0.15, 0.2) is 5.92 Å². The lowest BCUT2D eigenvalue weighted by molar-refractivity contribution is -0.162. The Morgan fingerprint density at radius 1 is 0.962 bits per heavy atom. The van der Waals surface area contributed by atoms with Gasteiger partial charge in [0.25, 0.3) is 5.91 Å². The summed E-state index contributed by atoms with van der Waals surface area (Å²) in [5.74, 6) is -6.45. The summed E-state index contributed by atoms with van der Waals surface area (Å²) in [6, 6.07) is 3.61. The van der Waals surface area contributed by atoms with Gasteiger partial charge in [0, 0.05) is 11.5 Å². The Kier molecular flexibility index (Phi) is 7.30. The molecule has 8 nitrogen and oxygen atoms in total. The SMILES string of the molecule is COC(=O)C(C(=O)OC)[C@@H](C)[C@@H](NC(=O)c1cc(C)cc(C)c1)C(=O)O. The average Bonchev–Trinajstić information content (AvgIpc) is 2.57. The second kappa shape index (κ2) is 8.98. The van der Waals surface area contributed by atoms with Crippen molar-refractivity contribution < 1.29 is 33.8 Å². The van der Waals surface area contributed by atoms with Crippen LogP contribution in [0.4, 0.5) is 0 Å². The summed E-state index contributed by atoms with van der Waals surface area (Å²) in [7, 11) is 2.16. The van der Waals surface area contributed by atoms with Crippen molar-refractivity contribution in [2.75, 3.05) is 14.2 Å². The Morgan fingerprint density at radius 2 is 1.42 bits per heavy atom. The normalized spacial score (nSPS) is 12.8. The standard InChI is InChI=1S/C18H23NO7/c1-9-6-10(2)8-12(7-9)15(20)19-14(16(21)22)11(3)13(17(23)25-4)18(24)26-5/h6-8,11,13-14H,1-5H3,(H,19,20)(H,21,22)/t11-,14-/m1/s1. The number of rotatable bonds is 7. The number of carbonyl (C=O) groups is 4. The maximum Gasteiger partial charge on any atom is 0.326 e. The third-order valence-corrected chi connectivity index (χ3v) is 4.00. The van der Waals surface area contributed by atoms with Gasteiger partial charge in [-0.25, -0.2) is 4.79 Å². The number of hydrogen-bond donors (Lipinski definition) is 2. The second-order valence-electron chi connectivity index (χ2n) is 6.05. The lowest BCUT2D eigenvalue weighted by Gasteiger charge is -2.26. The zero-order valence-electron chi connectivity index (χ0n) is 15.4. The molecule has 0 unspecified atom stereocenters. The molecule has 0 aliphatic rings. The second-order valence-corrected chi connectivity index (χ2v) is 6.05. The lowest BCUT2D eigenvalue weighted by Crippen LogP contribution is -2.50. The van der Waals surface area contributed by atoms with E-state index < -0.39 is 41.7 Å². The van der Waals surface area contributed by atoms with Gasteiger partial charge in [-0.15, -0.1) is 0 Å². The van der Waals surface area contributed by atoms with Crippen LogP contribution in [0.1, 0.15) is 28.4 Å². The van der Waals surface area contributed by atoms with Crippen molar-refractivity contribution in [3.8, 4) is 0 Å². The summed E-state index contributed by atoms with van der Waals surface area (Å²) in [5, 5.41) is 11.9. The number of hydrogen-bond acceptors (Lipinski definition) is 6. The Bertz CT molecular complexity index is 677. The number of aliphatic carboxylic acids is 1. The predicted molar refractivity (Wildman–Crippen MR) is 91.5 cm³/mol. The molecule has 1 rings (SSSR count). The first-order valence-corrected chi connectivity index (χ1v) is 7.90. The van der Waals surface area contributed by atoms with E-state index in [1.54, 1.807) is 12.1 Å². The van der Waals surface area contributed by atoms with Gasteiger partial charge in [-0.05, 0) is 26.0 Å². The number of benzene rings is 1. The van der Waals surface area contributed by atoms with Crippen molar-refractivity contribution in [1.82, 2.24) is 5.32 Å². The van der Waals surface area contributed by atoms with E-state index in [0.717, 1.165) is 25.3 Å². The fourth-order valence-electron chi connectivity index (χ4n) is 2.72. The van der Waals surface area contributed by atoms with Crippen molar-refractivity contribution in [1.29, 1.82) is 0 Å². The van der Waals surface area contributed by atoms with Gasteiger partial charge < -0.3 is 19.9 Å². The van der Waals surface area contributed by atoms with Crippen molar-refractivity contribution in [2.45, 2.75) is 26.8 Å². The number of methoxy groups -OCH3 is 2.